The van der Waals surface area contributed by atoms with Gasteiger partial charge in [0, 0.05) is 22.7 Å². The zero-order chi connectivity index (χ0) is 26.2. The molecule has 7 rings (SSSR count). The lowest BCUT2D eigenvalue weighted by Gasteiger charge is -2.37. The summed E-state index contributed by atoms with van der Waals surface area (Å²) in [5.41, 5.74) is -0.378. The molecule has 0 N–H and O–H groups in total. The Morgan fingerprint density at radius 3 is 2.24 bits per heavy atom. The molecular formula is C26H19Cl2N3O6. The molecular weight excluding hydrogens is 521 g/mol. The molecule has 2 aromatic carbocycles. The highest BCUT2D eigenvalue weighted by molar-refractivity contribution is 6.36. The summed E-state index contributed by atoms with van der Waals surface area (Å²) in [5.74, 6) is -3.17. The molecule has 1 heterocycles. The molecule has 0 unspecified atom stereocenters. The van der Waals surface area contributed by atoms with Gasteiger partial charge in [0.25, 0.3) is 23.4 Å². The Labute approximate surface area is 220 Å². The van der Waals surface area contributed by atoms with E-state index in [1.54, 1.807) is 0 Å². The highest BCUT2D eigenvalue weighted by Gasteiger charge is 2.68. The van der Waals surface area contributed by atoms with Gasteiger partial charge < -0.3 is 0 Å². The first-order valence-corrected chi connectivity index (χ1v) is 12.5. The number of rotatable bonds is 6. The van der Waals surface area contributed by atoms with E-state index in [9.17, 15) is 29.3 Å². The number of non-ortho nitro benzene ring substituents is 1. The van der Waals surface area contributed by atoms with Crippen LogP contribution in [0.5, 0.6) is 0 Å². The number of halogens is 2. The molecule has 2 saturated carbocycles. The molecule has 1 saturated heterocycles. The highest BCUT2D eigenvalue weighted by Crippen LogP contribution is 2.65. The van der Waals surface area contributed by atoms with E-state index in [-0.39, 0.29) is 38.7 Å². The second-order valence-electron chi connectivity index (χ2n) is 9.86. The number of hydrogen-bond acceptors (Lipinski definition) is 6. The van der Waals surface area contributed by atoms with E-state index in [1.165, 1.54) is 36.4 Å². The van der Waals surface area contributed by atoms with E-state index < -0.39 is 46.8 Å². The topological polar surface area (TPSA) is 118 Å². The first kappa shape index (κ1) is 23.8. The zero-order valence-electron chi connectivity index (χ0n) is 19.1. The number of allylic oxidation sites excluding steroid dienone is 2. The van der Waals surface area contributed by atoms with Crippen LogP contribution in [-0.4, -0.2) is 45.0 Å². The van der Waals surface area contributed by atoms with Crippen LogP contribution in [-0.2, 0) is 9.59 Å². The third kappa shape index (κ3) is 3.67. The normalized spacial score (nSPS) is 28.6. The monoisotopic (exact) mass is 539 g/mol. The van der Waals surface area contributed by atoms with Crippen molar-refractivity contribution in [3.8, 4) is 0 Å². The zero-order valence-corrected chi connectivity index (χ0v) is 20.6. The van der Waals surface area contributed by atoms with Crippen LogP contribution in [0.2, 0.25) is 10.0 Å². The van der Waals surface area contributed by atoms with Crippen LogP contribution in [0.15, 0.2) is 54.6 Å². The van der Waals surface area contributed by atoms with Crippen molar-refractivity contribution in [2.45, 2.75) is 6.42 Å². The number of nitrogens with zero attached hydrogens (tertiary/aromatic N) is 3. The molecule has 37 heavy (non-hydrogen) atoms. The van der Waals surface area contributed by atoms with Crippen molar-refractivity contribution in [3.05, 3.63) is 85.9 Å². The SMILES string of the molecule is O=C(CN(C(=O)c1ccc(Cl)cc1Cl)N1C(=O)[C@@H]2[C@@H]3C=C[C@@H]([C@@H]4C[C@H]34)[C@@H]2C1=O)c1cccc([N+](=O)[O-])c1. The summed E-state index contributed by atoms with van der Waals surface area (Å²) in [4.78, 5) is 65.0. The number of nitro benzene ring substituents is 1. The number of imide groups is 1. The van der Waals surface area contributed by atoms with Crippen molar-refractivity contribution in [1.82, 2.24) is 10.0 Å². The van der Waals surface area contributed by atoms with Gasteiger partial charge in [-0.3, -0.25) is 29.3 Å². The Morgan fingerprint density at radius 2 is 1.65 bits per heavy atom. The van der Waals surface area contributed by atoms with Gasteiger partial charge in [0.2, 0.25) is 0 Å². The van der Waals surface area contributed by atoms with Gasteiger partial charge in [0.15, 0.2) is 5.78 Å². The minimum Gasteiger partial charge on any atom is -0.292 e. The Bertz CT molecular complexity index is 1410. The van der Waals surface area contributed by atoms with Crippen LogP contribution in [0.3, 0.4) is 0 Å². The fraction of sp³-hybridized carbons (Fsp3) is 0.308. The first-order chi connectivity index (χ1) is 17.7. The maximum atomic E-state index is 13.7. The van der Waals surface area contributed by atoms with Crippen LogP contribution in [0, 0.1) is 45.6 Å². The number of nitro groups is 1. The van der Waals surface area contributed by atoms with Crippen molar-refractivity contribution in [3.63, 3.8) is 0 Å². The summed E-state index contributed by atoms with van der Waals surface area (Å²) in [6.07, 6.45) is 4.99. The first-order valence-electron chi connectivity index (χ1n) is 11.8. The van der Waals surface area contributed by atoms with E-state index >= 15 is 0 Å². The van der Waals surface area contributed by atoms with E-state index in [1.807, 2.05) is 12.2 Å². The molecule has 0 radical (unpaired) electrons. The maximum Gasteiger partial charge on any atom is 0.274 e. The molecule has 4 aliphatic carbocycles. The molecule has 188 valence electrons. The summed E-state index contributed by atoms with van der Waals surface area (Å²) in [6.45, 7) is -0.689. The van der Waals surface area contributed by atoms with Crippen LogP contribution in [0.25, 0.3) is 0 Å². The Morgan fingerprint density at radius 1 is 1.00 bits per heavy atom. The summed E-state index contributed by atoms with van der Waals surface area (Å²) in [6, 6.07) is 9.19. The van der Waals surface area contributed by atoms with E-state index in [0.717, 1.165) is 22.5 Å². The van der Waals surface area contributed by atoms with Gasteiger partial charge in [-0.2, -0.15) is 5.01 Å². The second-order valence-corrected chi connectivity index (χ2v) is 10.7. The van der Waals surface area contributed by atoms with E-state index in [2.05, 4.69) is 0 Å². The van der Waals surface area contributed by atoms with Gasteiger partial charge in [0.1, 0.15) is 6.54 Å². The predicted molar refractivity (Wildman–Crippen MR) is 131 cm³/mol. The Kier molecular flexibility index (Phi) is 5.47. The van der Waals surface area contributed by atoms with Gasteiger partial charge >= 0.3 is 0 Å². The third-order valence-electron chi connectivity index (χ3n) is 7.95. The number of carbonyl (C=O) groups excluding carboxylic acids is 4. The van der Waals surface area contributed by atoms with Crippen LogP contribution in [0.1, 0.15) is 27.1 Å². The molecule has 2 aromatic rings. The average Bonchev–Trinajstić information content (AvgIpc) is 3.66. The molecule has 1 aliphatic heterocycles. The molecule has 6 atom stereocenters. The molecule has 9 nitrogen and oxygen atoms in total. The fourth-order valence-electron chi connectivity index (χ4n) is 6.23. The predicted octanol–water partition coefficient (Wildman–Crippen LogP) is 4.19. The molecule has 0 spiro atoms. The van der Waals surface area contributed by atoms with Crippen molar-refractivity contribution in [2.24, 2.45) is 35.5 Å². The van der Waals surface area contributed by atoms with Crippen molar-refractivity contribution in [1.29, 1.82) is 0 Å². The third-order valence-corrected chi connectivity index (χ3v) is 8.50. The molecule has 11 heteroatoms. The maximum absolute atomic E-state index is 13.7. The Balaban J connectivity index is 1.38. The molecule has 3 amide bonds. The molecule has 2 bridgehead atoms. The highest BCUT2D eigenvalue weighted by atomic mass is 35.5. The molecule has 0 aromatic heterocycles. The number of carbonyl (C=O) groups is 4. The lowest BCUT2D eigenvalue weighted by Crippen LogP contribution is -2.52. The summed E-state index contributed by atoms with van der Waals surface area (Å²) >= 11 is 12.2. The van der Waals surface area contributed by atoms with Gasteiger partial charge in [0.05, 0.1) is 27.3 Å². The number of hydrazine groups is 1. The standard InChI is InChI=1S/C26H19Cl2N3O6/c27-13-4-5-17(20(28)9-13)24(33)29(11-21(32)12-2-1-3-14(8-12)31(36)37)30-25(34)22-15-6-7-16(19-10-18(15)19)23(22)26(30)35/h1-9,15-16,18-19,22-23H,10-11H2/t15-,16+,18-,19+,22-,23+. The summed E-state index contributed by atoms with van der Waals surface area (Å²) < 4.78 is 0. The average molecular weight is 540 g/mol. The number of hydrogen-bond donors (Lipinski definition) is 0. The minimum atomic E-state index is -0.828. The van der Waals surface area contributed by atoms with Crippen LogP contribution >= 0.6 is 23.2 Å². The van der Waals surface area contributed by atoms with Gasteiger partial charge in [-0.1, -0.05) is 47.5 Å². The van der Waals surface area contributed by atoms with Crippen LogP contribution in [0.4, 0.5) is 5.69 Å². The lowest BCUT2D eigenvalue weighted by molar-refractivity contribution is -0.384. The number of amides is 3. The summed E-state index contributed by atoms with van der Waals surface area (Å²) in [5, 5.41) is 13.1. The molecule has 3 fully saturated rings. The summed E-state index contributed by atoms with van der Waals surface area (Å²) in [7, 11) is 0. The fourth-order valence-corrected chi connectivity index (χ4v) is 6.72. The largest absolute Gasteiger partial charge is 0.292 e. The van der Waals surface area contributed by atoms with Crippen molar-refractivity contribution >= 4 is 52.4 Å². The van der Waals surface area contributed by atoms with Crippen LogP contribution < -0.4 is 0 Å². The van der Waals surface area contributed by atoms with Crippen molar-refractivity contribution in [2.75, 3.05) is 6.54 Å². The number of benzene rings is 2. The van der Waals surface area contributed by atoms with Gasteiger partial charge in [-0.15, -0.1) is 0 Å². The Hall–Kier alpha value is -3.56. The number of ketones is 1. The molecule has 5 aliphatic rings. The van der Waals surface area contributed by atoms with E-state index in [4.69, 9.17) is 23.2 Å². The second kappa shape index (κ2) is 8.49. The van der Waals surface area contributed by atoms with E-state index in [0.29, 0.717) is 11.8 Å². The smallest absolute Gasteiger partial charge is 0.274 e. The minimum absolute atomic E-state index is 0.00945. The quantitative estimate of drug-likeness (QED) is 0.178. The van der Waals surface area contributed by atoms with Crippen molar-refractivity contribution < 1.29 is 24.1 Å². The lowest BCUT2D eigenvalue weighted by atomic mass is 9.63. The van der Waals surface area contributed by atoms with Gasteiger partial charge in [-0.05, 0) is 48.3 Å². The van der Waals surface area contributed by atoms with Gasteiger partial charge in [-0.25, -0.2) is 5.01 Å². The number of Topliss-reactive ketones (excluding diaryl/α,β-unsaturated/α-hetero) is 1.